The molecule has 0 atom stereocenters. The quantitative estimate of drug-likeness (QED) is 0.643. The summed E-state index contributed by atoms with van der Waals surface area (Å²) >= 11 is 0. The minimum Gasteiger partial charge on any atom is -0.356 e. The molecule has 6 heteroatoms. The number of likely N-dealkylation sites (N-methyl/N-ethyl adjacent to an activating group) is 1. The second-order valence-electron chi connectivity index (χ2n) is 5.34. The molecule has 0 fully saturated rings. The molecule has 1 aromatic rings. The van der Waals surface area contributed by atoms with Gasteiger partial charge in [0, 0.05) is 34.2 Å². The number of nitrogens with zero attached hydrogens (tertiary/aromatic N) is 3. The standard InChI is InChI=1S/C16H25FN4O/c1-5-9-18-16(19-11-15(22)20(2)3)21(4)12-13-7-6-8-14(17)10-13/h6-8,10H,5,9,11-12H2,1-4H3,(H,18,19). The highest BCUT2D eigenvalue weighted by molar-refractivity contribution is 5.84. The normalized spacial score (nSPS) is 11.2. The number of halogens is 1. The largest absolute Gasteiger partial charge is 0.356 e. The summed E-state index contributed by atoms with van der Waals surface area (Å²) in [5.41, 5.74) is 0.854. The van der Waals surface area contributed by atoms with Gasteiger partial charge in [0.2, 0.25) is 5.91 Å². The van der Waals surface area contributed by atoms with Gasteiger partial charge in [-0.05, 0) is 24.1 Å². The van der Waals surface area contributed by atoms with E-state index < -0.39 is 0 Å². The summed E-state index contributed by atoms with van der Waals surface area (Å²) in [6.07, 6.45) is 0.953. The summed E-state index contributed by atoms with van der Waals surface area (Å²) in [4.78, 5) is 19.4. The number of carbonyl (C=O) groups is 1. The monoisotopic (exact) mass is 308 g/mol. The fourth-order valence-electron chi connectivity index (χ4n) is 1.82. The maximum Gasteiger partial charge on any atom is 0.243 e. The molecule has 0 unspecified atom stereocenters. The SMILES string of the molecule is CCCNC(=NCC(=O)N(C)C)N(C)Cc1cccc(F)c1. The number of guanidine groups is 1. The van der Waals surface area contributed by atoms with Crippen LogP contribution >= 0.6 is 0 Å². The van der Waals surface area contributed by atoms with E-state index in [2.05, 4.69) is 17.2 Å². The van der Waals surface area contributed by atoms with Crippen molar-refractivity contribution in [2.45, 2.75) is 19.9 Å². The van der Waals surface area contributed by atoms with Crippen molar-refractivity contribution in [2.24, 2.45) is 4.99 Å². The summed E-state index contributed by atoms with van der Waals surface area (Å²) in [6.45, 7) is 3.43. The van der Waals surface area contributed by atoms with Crippen molar-refractivity contribution in [3.63, 3.8) is 0 Å². The van der Waals surface area contributed by atoms with Crippen LogP contribution in [0.1, 0.15) is 18.9 Å². The van der Waals surface area contributed by atoms with Crippen LogP contribution in [0.5, 0.6) is 0 Å². The number of hydrogen-bond acceptors (Lipinski definition) is 2. The molecule has 0 aliphatic heterocycles. The van der Waals surface area contributed by atoms with Crippen LogP contribution < -0.4 is 5.32 Å². The van der Waals surface area contributed by atoms with Crippen molar-refractivity contribution in [1.29, 1.82) is 0 Å². The molecule has 0 radical (unpaired) electrons. The van der Waals surface area contributed by atoms with Gasteiger partial charge in [0.05, 0.1) is 0 Å². The first-order valence-electron chi connectivity index (χ1n) is 7.38. The number of carbonyl (C=O) groups excluding carboxylic acids is 1. The minimum atomic E-state index is -0.256. The molecule has 1 amide bonds. The van der Waals surface area contributed by atoms with E-state index in [0.717, 1.165) is 18.5 Å². The van der Waals surface area contributed by atoms with Crippen LogP contribution in [0.2, 0.25) is 0 Å². The summed E-state index contributed by atoms with van der Waals surface area (Å²) < 4.78 is 13.2. The van der Waals surface area contributed by atoms with Gasteiger partial charge >= 0.3 is 0 Å². The molecule has 22 heavy (non-hydrogen) atoms. The topological polar surface area (TPSA) is 47.9 Å². The Morgan fingerprint density at radius 3 is 2.64 bits per heavy atom. The minimum absolute atomic E-state index is 0.0602. The van der Waals surface area contributed by atoms with Crippen LogP contribution in [0.25, 0.3) is 0 Å². The van der Waals surface area contributed by atoms with E-state index in [1.165, 1.54) is 17.0 Å². The van der Waals surface area contributed by atoms with Crippen molar-refractivity contribution in [3.8, 4) is 0 Å². The Labute approximate surface area is 131 Å². The number of hydrogen-bond donors (Lipinski definition) is 1. The Morgan fingerprint density at radius 2 is 2.05 bits per heavy atom. The van der Waals surface area contributed by atoms with Gasteiger partial charge in [-0.3, -0.25) is 4.79 Å². The molecule has 0 saturated carbocycles. The first-order chi connectivity index (χ1) is 10.4. The molecule has 0 bridgehead atoms. The van der Waals surface area contributed by atoms with Crippen LogP contribution in [-0.4, -0.2) is 55.9 Å². The number of rotatable bonds is 6. The Hall–Kier alpha value is -2.11. The third-order valence-corrected chi connectivity index (χ3v) is 3.07. The van der Waals surface area contributed by atoms with Gasteiger partial charge in [-0.2, -0.15) is 0 Å². The third kappa shape index (κ3) is 6.11. The first kappa shape index (κ1) is 17.9. The van der Waals surface area contributed by atoms with E-state index in [9.17, 15) is 9.18 Å². The van der Waals surface area contributed by atoms with E-state index in [4.69, 9.17) is 0 Å². The van der Waals surface area contributed by atoms with Gasteiger partial charge in [-0.1, -0.05) is 19.1 Å². The lowest BCUT2D eigenvalue weighted by Gasteiger charge is -2.22. The second-order valence-corrected chi connectivity index (χ2v) is 5.34. The lowest BCUT2D eigenvalue weighted by atomic mass is 10.2. The molecule has 0 saturated heterocycles. The van der Waals surface area contributed by atoms with Gasteiger partial charge in [0.1, 0.15) is 12.4 Å². The van der Waals surface area contributed by atoms with Crippen molar-refractivity contribution < 1.29 is 9.18 Å². The molecule has 0 heterocycles. The lowest BCUT2D eigenvalue weighted by molar-refractivity contribution is -0.127. The molecule has 0 aliphatic rings. The maximum atomic E-state index is 13.2. The fraction of sp³-hybridized carbons (Fsp3) is 0.500. The Bertz CT molecular complexity index is 517. The number of aliphatic imine (C=N–C) groups is 1. The molecule has 1 aromatic carbocycles. The highest BCUT2D eigenvalue weighted by Crippen LogP contribution is 2.06. The maximum absolute atomic E-state index is 13.2. The number of amides is 1. The fourth-order valence-corrected chi connectivity index (χ4v) is 1.82. The molecule has 0 aliphatic carbocycles. The Balaban J connectivity index is 2.76. The Kier molecular flexibility index (Phi) is 7.36. The van der Waals surface area contributed by atoms with Gasteiger partial charge in [-0.15, -0.1) is 0 Å². The summed E-state index contributed by atoms with van der Waals surface area (Å²) in [5.74, 6) is 0.324. The molecule has 122 valence electrons. The van der Waals surface area contributed by atoms with E-state index >= 15 is 0 Å². The first-order valence-corrected chi connectivity index (χ1v) is 7.38. The number of nitrogens with one attached hydrogen (secondary N) is 1. The molecule has 1 N–H and O–H groups in total. The highest BCUT2D eigenvalue weighted by atomic mass is 19.1. The third-order valence-electron chi connectivity index (χ3n) is 3.07. The summed E-state index contributed by atoms with van der Waals surface area (Å²) in [6, 6.07) is 6.47. The summed E-state index contributed by atoms with van der Waals surface area (Å²) in [5, 5.41) is 3.21. The zero-order valence-corrected chi connectivity index (χ0v) is 13.8. The van der Waals surface area contributed by atoms with Crippen LogP contribution in [0.3, 0.4) is 0 Å². The van der Waals surface area contributed by atoms with E-state index in [0.29, 0.717) is 12.5 Å². The highest BCUT2D eigenvalue weighted by Gasteiger charge is 2.09. The van der Waals surface area contributed by atoms with Crippen molar-refractivity contribution in [2.75, 3.05) is 34.2 Å². The molecule has 0 aromatic heterocycles. The van der Waals surface area contributed by atoms with E-state index in [1.807, 2.05) is 18.0 Å². The average Bonchev–Trinajstić information content (AvgIpc) is 2.46. The molecular formula is C16H25FN4O. The Morgan fingerprint density at radius 1 is 1.32 bits per heavy atom. The second kappa shape index (κ2) is 9.02. The van der Waals surface area contributed by atoms with E-state index in [1.54, 1.807) is 20.2 Å². The zero-order chi connectivity index (χ0) is 16.5. The summed E-state index contributed by atoms with van der Waals surface area (Å²) in [7, 11) is 5.27. The van der Waals surface area contributed by atoms with Gasteiger partial charge < -0.3 is 15.1 Å². The molecule has 0 spiro atoms. The molecule has 1 rings (SSSR count). The average molecular weight is 308 g/mol. The van der Waals surface area contributed by atoms with E-state index in [-0.39, 0.29) is 18.3 Å². The smallest absolute Gasteiger partial charge is 0.243 e. The van der Waals surface area contributed by atoms with Gasteiger partial charge in [-0.25, -0.2) is 9.38 Å². The van der Waals surface area contributed by atoms with Crippen LogP contribution in [0.4, 0.5) is 4.39 Å². The number of benzene rings is 1. The van der Waals surface area contributed by atoms with Crippen LogP contribution in [0.15, 0.2) is 29.3 Å². The van der Waals surface area contributed by atoms with Gasteiger partial charge in [0.15, 0.2) is 5.96 Å². The van der Waals surface area contributed by atoms with Crippen LogP contribution in [0, 0.1) is 5.82 Å². The van der Waals surface area contributed by atoms with Crippen molar-refractivity contribution in [1.82, 2.24) is 15.1 Å². The predicted molar refractivity (Wildman–Crippen MR) is 87.2 cm³/mol. The van der Waals surface area contributed by atoms with Crippen molar-refractivity contribution in [3.05, 3.63) is 35.6 Å². The lowest BCUT2D eigenvalue weighted by Crippen LogP contribution is -2.40. The molecule has 5 nitrogen and oxygen atoms in total. The van der Waals surface area contributed by atoms with Crippen LogP contribution in [-0.2, 0) is 11.3 Å². The molecular weight excluding hydrogens is 283 g/mol. The van der Waals surface area contributed by atoms with Gasteiger partial charge in [0.25, 0.3) is 0 Å². The zero-order valence-electron chi connectivity index (χ0n) is 13.8. The van der Waals surface area contributed by atoms with Crippen molar-refractivity contribution >= 4 is 11.9 Å². The predicted octanol–water partition coefficient (Wildman–Crippen LogP) is 1.70.